The van der Waals surface area contributed by atoms with Crippen molar-refractivity contribution in [2.24, 2.45) is 0 Å². The molecule has 0 spiro atoms. The van der Waals surface area contributed by atoms with Gasteiger partial charge in [-0.25, -0.2) is 4.79 Å². The summed E-state index contributed by atoms with van der Waals surface area (Å²) in [7, 11) is 0. The molecule has 2 atom stereocenters. The molecule has 1 aromatic rings. The Bertz CT molecular complexity index is 368. The maximum atomic E-state index is 10.8. The third kappa shape index (κ3) is 2.75. The van der Waals surface area contributed by atoms with Gasteiger partial charge < -0.3 is 20.4 Å². The molecule has 1 rings (SSSR count). The first-order valence-corrected chi connectivity index (χ1v) is 4.73. The Morgan fingerprint density at radius 3 is 2.69 bits per heavy atom. The number of carbonyl (C=O) groups is 1. The second-order valence-corrected chi connectivity index (χ2v) is 3.27. The minimum absolute atomic E-state index is 0.0448. The first kappa shape index (κ1) is 12.6. The molecule has 16 heavy (non-hydrogen) atoms. The van der Waals surface area contributed by atoms with Crippen molar-refractivity contribution >= 4 is 5.97 Å². The summed E-state index contributed by atoms with van der Waals surface area (Å²) >= 11 is 0. The maximum absolute atomic E-state index is 10.8. The Labute approximate surface area is 91.8 Å². The molecule has 0 aliphatic heterocycles. The van der Waals surface area contributed by atoms with Crippen molar-refractivity contribution in [3.8, 4) is 0 Å². The molecule has 2 unspecified atom stereocenters. The number of carboxylic acids is 1. The molecule has 0 fully saturated rings. The summed E-state index contributed by atoms with van der Waals surface area (Å²) in [5, 5.41) is 36.5. The maximum Gasteiger partial charge on any atom is 0.337 e. The lowest BCUT2D eigenvalue weighted by Crippen LogP contribution is -2.22. The minimum Gasteiger partial charge on any atom is -0.478 e. The molecule has 0 amide bonds. The fourth-order valence-electron chi connectivity index (χ4n) is 1.31. The molecular formula is C10H13NO5. The van der Waals surface area contributed by atoms with Crippen molar-refractivity contribution in [3.63, 3.8) is 0 Å². The van der Waals surface area contributed by atoms with Gasteiger partial charge in [0, 0.05) is 12.8 Å². The van der Waals surface area contributed by atoms with Crippen LogP contribution in [0.1, 0.15) is 28.6 Å². The molecule has 88 valence electrons. The van der Waals surface area contributed by atoms with Crippen LogP contribution in [0.25, 0.3) is 0 Å². The van der Waals surface area contributed by atoms with Crippen molar-refractivity contribution in [2.75, 3.05) is 6.61 Å². The van der Waals surface area contributed by atoms with Gasteiger partial charge in [0.2, 0.25) is 0 Å². The van der Waals surface area contributed by atoms with Gasteiger partial charge in [-0.05, 0) is 18.6 Å². The SMILES string of the molecule is O=C(O)c1cccnc1C(O)C(O)CCO. The number of nitrogens with zero attached hydrogens (tertiary/aromatic N) is 1. The van der Waals surface area contributed by atoms with Crippen LogP contribution in [-0.4, -0.2) is 44.1 Å². The lowest BCUT2D eigenvalue weighted by atomic mass is 10.0. The lowest BCUT2D eigenvalue weighted by Gasteiger charge is -2.17. The smallest absolute Gasteiger partial charge is 0.337 e. The fourth-order valence-corrected chi connectivity index (χ4v) is 1.31. The Balaban J connectivity index is 2.98. The zero-order valence-corrected chi connectivity index (χ0v) is 8.45. The van der Waals surface area contributed by atoms with Gasteiger partial charge in [-0.3, -0.25) is 4.98 Å². The quantitative estimate of drug-likeness (QED) is 0.542. The second kappa shape index (κ2) is 5.55. The van der Waals surface area contributed by atoms with Crippen LogP contribution >= 0.6 is 0 Å². The number of hydrogen-bond acceptors (Lipinski definition) is 5. The van der Waals surface area contributed by atoms with E-state index in [1.54, 1.807) is 0 Å². The predicted molar refractivity (Wildman–Crippen MR) is 53.9 cm³/mol. The fraction of sp³-hybridized carbons (Fsp3) is 0.400. The average molecular weight is 227 g/mol. The number of rotatable bonds is 5. The molecule has 0 bridgehead atoms. The number of carboxylic acid groups (broad SMARTS) is 1. The van der Waals surface area contributed by atoms with Gasteiger partial charge in [-0.1, -0.05) is 0 Å². The monoisotopic (exact) mass is 227 g/mol. The van der Waals surface area contributed by atoms with E-state index in [-0.39, 0.29) is 24.3 Å². The Hall–Kier alpha value is -1.50. The molecule has 0 aliphatic carbocycles. The molecule has 1 heterocycles. The van der Waals surface area contributed by atoms with Crippen LogP contribution in [0.3, 0.4) is 0 Å². The molecule has 0 saturated carbocycles. The van der Waals surface area contributed by atoms with E-state index in [0.29, 0.717) is 0 Å². The topological polar surface area (TPSA) is 111 Å². The number of aromatic nitrogens is 1. The molecule has 0 aromatic carbocycles. The predicted octanol–water partition coefficient (Wildman–Crippen LogP) is -0.444. The Morgan fingerprint density at radius 1 is 1.44 bits per heavy atom. The second-order valence-electron chi connectivity index (χ2n) is 3.27. The summed E-state index contributed by atoms with van der Waals surface area (Å²) in [5.41, 5.74) is -0.261. The summed E-state index contributed by atoms with van der Waals surface area (Å²) < 4.78 is 0. The highest BCUT2D eigenvalue weighted by molar-refractivity contribution is 5.88. The number of aliphatic hydroxyl groups is 3. The number of pyridine rings is 1. The van der Waals surface area contributed by atoms with Crippen molar-refractivity contribution in [2.45, 2.75) is 18.6 Å². The third-order valence-corrected chi connectivity index (χ3v) is 2.14. The van der Waals surface area contributed by atoms with Gasteiger partial charge in [0.15, 0.2) is 0 Å². The summed E-state index contributed by atoms with van der Waals surface area (Å²) in [5.74, 6) is -1.22. The summed E-state index contributed by atoms with van der Waals surface area (Å²) in [6.07, 6.45) is -1.37. The molecule has 6 nitrogen and oxygen atoms in total. The van der Waals surface area contributed by atoms with Gasteiger partial charge >= 0.3 is 5.97 Å². The van der Waals surface area contributed by atoms with Crippen LogP contribution in [0.4, 0.5) is 0 Å². The van der Waals surface area contributed by atoms with Crippen LogP contribution in [0, 0.1) is 0 Å². The average Bonchev–Trinajstić information content (AvgIpc) is 2.28. The van der Waals surface area contributed by atoms with Crippen molar-refractivity contribution in [1.29, 1.82) is 0 Å². The molecule has 1 aromatic heterocycles. The highest BCUT2D eigenvalue weighted by atomic mass is 16.4. The molecule has 4 N–H and O–H groups in total. The number of aliphatic hydroxyl groups excluding tert-OH is 3. The van der Waals surface area contributed by atoms with Gasteiger partial charge in [0.25, 0.3) is 0 Å². The summed E-state index contributed by atoms with van der Waals surface area (Å²) in [6.45, 7) is -0.298. The Kier molecular flexibility index (Phi) is 4.36. The molecule has 0 saturated heterocycles. The molecular weight excluding hydrogens is 214 g/mol. The third-order valence-electron chi connectivity index (χ3n) is 2.14. The lowest BCUT2D eigenvalue weighted by molar-refractivity contribution is 0.00117. The zero-order valence-electron chi connectivity index (χ0n) is 8.45. The van der Waals surface area contributed by atoms with Crippen LogP contribution in [0.15, 0.2) is 18.3 Å². The van der Waals surface area contributed by atoms with Crippen molar-refractivity contribution < 1.29 is 25.2 Å². The first-order valence-electron chi connectivity index (χ1n) is 4.73. The highest BCUT2D eigenvalue weighted by Crippen LogP contribution is 2.20. The van der Waals surface area contributed by atoms with E-state index in [1.165, 1.54) is 18.3 Å². The number of hydrogen-bond donors (Lipinski definition) is 4. The Morgan fingerprint density at radius 2 is 2.12 bits per heavy atom. The van der Waals surface area contributed by atoms with E-state index >= 15 is 0 Å². The van der Waals surface area contributed by atoms with E-state index in [2.05, 4.69) is 4.98 Å². The first-order chi connectivity index (χ1) is 7.57. The van der Waals surface area contributed by atoms with E-state index in [0.717, 1.165) is 0 Å². The summed E-state index contributed by atoms with van der Waals surface area (Å²) in [6, 6.07) is 2.72. The molecule has 0 aliphatic rings. The van der Waals surface area contributed by atoms with Crippen LogP contribution < -0.4 is 0 Å². The zero-order chi connectivity index (χ0) is 12.1. The van der Waals surface area contributed by atoms with Crippen LogP contribution in [0.2, 0.25) is 0 Å². The van der Waals surface area contributed by atoms with Crippen LogP contribution in [0.5, 0.6) is 0 Å². The number of aromatic carboxylic acids is 1. The van der Waals surface area contributed by atoms with E-state index in [4.69, 9.17) is 10.2 Å². The minimum atomic E-state index is -1.42. The standard InChI is InChI=1S/C10H13NO5/c12-5-3-7(13)9(14)8-6(10(15)16)2-1-4-11-8/h1-2,4,7,9,12-14H,3,5H2,(H,15,16). The van der Waals surface area contributed by atoms with Crippen molar-refractivity contribution in [3.05, 3.63) is 29.6 Å². The largest absolute Gasteiger partial charge is 0.478 e. The van der Waals surface area contributed by atoms with Gasteiger partial charge in [-0.15, -0.1) is 0 Å². The summed E-state index contributed by atoms with van der Waals surface area (Å²) in [4.78, 5) is 14.6. The van der Waals surface area contributed by atoms with Gasteiger partial charge in [-0.2, -0.15) is 0 Å². The normalized spacial score (nSPS) is 14.4. The van der Waals surface area contributed by atoms with Gasteiger partial charge in [0.1, 0.15) is 6.10 Å². The molecule has 6 heteroatoms. The highest BCUT2D eigenvalue weighted by Gasteiger charge is 2.24. The van der Waals surface area contributed by atoms with Gasteiger partial charge in [0.05, 0.1) is 17.4 Å². The van der Waals surface area contributed by atoms with Crippen LogP contribution in [-0.2, 0) is 0 Å². The van der Waals surface area contributed by atoms with Crippen molar-refractivity contribution in [1.82, 2.24) is 4.98 Å². The van der Waals surface area contributed by atoms with E-state index in [1.807, 2.05) is 0 Å². The molecule has 0 radical (unpaired) electrons. The van der Waals surface area contributed by atoms with E-state index in [9.17, 15) is 15.0 Å². The van der Waals surface area contributed by atoms with E-state index < -0.39 is 18.2 Å².